The van der Waals surface area contributed by atoms with Gasteiger partial charge in [-0.05, 0) is 54.3 Å². The monoisotopic (exact) mass is 413 g/mol. The molecule has 0 spiro atoms. The summed E-state index contributed by atoms with van der Waals surface area (Å²) in [4.78, 5) is 12.7. The number of aromatic nitrogens is 6. The Morgan fingerprint density at radius 2 is 1.86 bits per heavy atom. The van der Waals surface area contributed by atoms with E-state index < -0.39 is 0 Å². The molecule has 0 radical (unpaired) electrons. The molecule has 1 amide bonds. The van der Waals surface area contributed by atoms with E-state index in [2.05, 4.69) is 65.8 Å². The summed E-state index contributed by atoms with van der Waals surface area (Å²) in [5.74, 6) is 1.03. The molecule has 2 heterocycles. The predicted molar refractivity (Wildman–Crippen MR) is 114 cm³/mol. The zero-order valence-corrected chi connectivity index (χ0v) is 18.2. The van der Waals surface area contributed by atoms with Gasteiger partial charge in [-0.2, -0.15) is 9.78 Å². The third-order valence-electron chi connectivity index (χ3n) is 4.83. The predicted octanol–water partition coefficient (Wildman–Crippen LogP) is 4.07. The minimum Gasteiger partial charge on any atom is -0.310 e. The van der Waals surface area contributed by atoms with Gasteiger partial charge in [-0.3, -0.25) is 4.79 Å². The normalized spacial score (nSPS) is 13.4. The van der Waals surface area contributed by atoms with Crippen LogP contribution in [0.2, 0.25) is 0 Å². The molecule has 9 heteroatoms. The third-order valence-corrected chi connectivity index (χ3v) is 5.86. The zero-order valence-electron chi connectivity index (χ0n) is 17.4. The zero-order chi connectivity index (χ0) is 21.0. The van der Waals surface area contributed by atoms with Gasteiger partial charge in [-0.15, -0.1) is 5.10 Å². The van der Waals surface area contributed by atoms with Crippen molar-refractivity contribution in [1.82, 2.24) is 30.0 Å². The molecule has 2 atom stereocenters. The second kappa shape index (κ2) is 9.21. The van der Waals surface area contributed by atoms with Crippen LogP contribution >= 0.6 is 11.8 Å². The van der Waals surface area contributed by atoms with E-state index >= 15 is 0 Å². The summed E-state index contributed by atoms with van der Waals surface area (Å²) in [5.41, 5.74) is 2.12. The lowest BCUT2D eigenvalue weighted by molar-refractivity contribution is -0.115. The second-order valence-corrected chi connectivity index (χ2v) is 8.60. The van der Waals surface area contributed by atoms with Crippen LogP contribution in [0.3, 0.4) is 0 Å². The topological polar surface area (TPSA) is 90.5 Å². The summed E-state index contributed by atoms with van der Waals surface area (Å²) >= 11 is 1.32. The average molecular weight is 414 g/mol. The molecule has 3 aromatic rings. The van der Waals surface area contributed by atoms with Gasteiger partial charge in [0.05, 0.1) is 23.2 Å². The van der Waals surface area contributed by atoms with Crippen LogP contribution in [0.4, 0.5) is 5.82 Å². The summed E-state index contributed by atoms with van der Waals surface area (Å²) in [6.45, 7) is 10.3. The first kappa shape index (κ1) is 21.0. The van der Waals surface area contributed by atoms with Crippen LogP contribution in [0.15, 0.2) is 41.7 Å². The van der Waals surface area contributed by atoms with Crippen molar-refractivity contribution in [3.8, 4) is 5.69 Å². The lowest BCUT2D eigenvalue weighted by Crippen LogP contribution is -2.25. The molecule has 0 bridgehead atoms. The van der Waals surface area contributed by atoms with Crippen LogP contribution in [0, 0.1) is 0 Å². The molecule has 1 N–H and O–H groups in total. The molecule has 0 aliphatic carbocycles. The van der Waals surface area contributed by atoms with Crippen LogP contribution in [-0.4, -0.2) is 41.1 Å². The molecule has 3 rings (SSSR count). The summed E-state index contributed by atoms with van der Waals surface area (Å²) < 4.78 is 3.48. The van der Waals surface area contributed by atoms with E-state index in [-0.39, 0.29) is 17.2 Å². The Labute approximate surface area is 175 Å². The van der Waals surface area contributed by atoms with Crippen molar-refractivity contribution < 1.29 is 4.79 Å². The maximum absolute atomic E-state index is 12.7. The number of amides is 1. The number of nitrogens with one attached hydrogen (secondary N) is 1. The smallest absolute Gasteiger partial charge is 0.238 e. The largest absolute Gasteiger partial charge is 0.310 e. The average Bonchev–Trinajstić information content (AvgIpc) is 3.36. The number of hydrogen-bond donors (Lipinski definition) is 1. The highest BCUT2D eigenvalue weighted by molar-refractivity contribution is 8.00. The highest BCUT2D eigenvalue weighted by Crippen LogP contribution is 2.25. The van der Waals surface area contributed by atoms with Crippen LogP contribution in [0.1, 0.15) is 58.6 Å². The molecule has 1 aromatic carbocycles. The van der Waals surface area contributed by atoms with Gasteiger partial charge in [-0.25, -0.2) is 4.68 Å². The molecule has 0 unspecified atom stereocenters. The molecular formula is C20H27N7OS. The molecular weight excluding hydrogens is 386 g/mol. The number of hydrogen-bond acceptors (Lipinski definition) is 6. The molecule has 154 valence electrons. The van der Waals surface area contributed by atoms with E-state index in [4.69, 9.17) is 0 Å². The fourth-order valence-electron chi connectivity index (χ4n) is 2.79. The minimum absolute atomic E-state index is 0.121. The van der Waals surface area contributed by atoms with Gasteiger partial charge in [0, 0.05) is 6.07 Å². The number of carbonyl (C=O) groups is 1. The van der Waals surface area contributed by atoms with Crippen molar-refractivity contribution >= 4 is 23.5 Å². The van der Waals surface area contributed by atoms with Crippen molar-refractivity contribution in [2.45, 2.75) is 63.4 Å². The van der Waals surface area contributed by atoms with Gasteiger partial charge in [0.1, 0.15) is 5.82 Å². The van der Waals surface area contributed by atoms with E-state index in [0.717, 1.165) is 12.1 Å². The highest BCUT2D eigenvalue weighted by Gasteiger charge is 2.21. The summed E-state index contributed by atoms with van der Waals surface area (Å²) in [6, 6.07) is 10.1. The Kier molecular flexibility index (Phi) is 6.68. The maximum Gasteiger partial charge on any atom is 0.238 e. The summed E-state index contributed by atoms with van der Waals surface area (Å²) in [7, 11) is 0. The third kappa shape index (κ3) is 4.84. The maximum atomic E-state index is 12.7. The van der Waals surface area contributed by atoms with Crippen molar-refractivity contribution in [2.24, 2.45) is 0 Å². The minimum atomic E-state index is -0.380. The summed E-state index contributed by atoms with van der Waals surface area (Å²) in [6.07, 6.45) is 2.63. The highest BCUT2D eigenvalue weighted by atomic mass is 32.2. The Morgan fingerprint density at radius 3 is 2.52 bits per heavy atom. The first-order chi connectivity index (χ1) is 13.9. The fraction of sp³-hybridized carbons (Fsp3) is 0.450. The van der Waals surface area contributed by atoms with Crippen LogP contribution in [0.5, 0.6) is 0 Å². The Balaban J connectivity index is 1.70. The van der Waals surface area contributed by atoms with E-state index in [1.807, 2.05) is 29.8 Å². The van der Waals surface area contributed by atoms with Gasteiger partial charge >= 0.3 is 0 Å². The molecule has 29 heavy (non-hydrogen) atoms. The second-order valence-electron chi connectivity index (χ2n) is 7.29. The summed E-state index contributed by atoms with van der Waals surface area (Å²) in [5, 5.41) is 19.4. The molecule has 0 saturated heterocycles. The standard InChI is InChI=1S/C20H27N7OS/c1-6-14(4)26-18(11-12-21-26)22-19(28)15(5)29-20-23-24-25-27(20)17-9-7-16(8-10-17)13(2)3/h7-15H,6H2,1-5H3,(H,22,28)/t14-,15-/m0/s1. The molecule has 8 nitrogen and oxygen atoms in total. The van der Waals surface area contributed by atoms with E-state index in [0.29, 0.717) is 16.9 Å². The number of tetrazole rings is 1. The van der Waals surface area contributed by atoms with Gasteiger partial charge in [0.25, 0.3) is 0 Å². The van der Waals surface area contributed by atoms with E-state index in [9.17, 15) is 4.79 Å². The van der Waals surface area contributed by atoms with E-state index in [1.54, 1.807) is 10.9 Å². The van der Waals surface area contributed by atoms with Crippen molar-refractivity contribution in [1.29, 1.82) is 0 Å². The van der Waals surface area contributed by atoms with Gasteiger partial charge in [0.15, 0.2) is 0 Å². The lowest BCUT2D eigenvalue weighted by Gasteiger charge is -2.16. The SMILES string of the molecule is CC[C@H](C)n1nccc1NC(=O)[C@H](C)Sc1nnnn1-c1ccc(C(C)C)cc1. The molecule has 0 saturated carbocycles. The molecule has 0 aliphatic heterocycles. The lowest BCUT2D eigenvalue weighted by atomic mass is 10.0. The number of carbonyl (C=O) groups excluding carboxylic acids is 1. The van der Waals surface area contributed by atoms with Crippen molar-refractivity contribution in [3.05, 3.63) is 42.1 Å². The van der Waals surface area contributed by atoms with Gasteiger partial charge in [0.2, 0.25) is 11.1 Å². The molecule has 0 aliphatic rings. The fourth-order valence-corrected chi connectivity index (χ4v) is 3.60. The Morgan fingerprint density at radius 1 is 1.14 bits per heavy atom. The number of benzene rings is 1. The van der Waals surface area contributed by atoms with Crippen LogP contribution in [-0.2, 0) is 4.79 Å². The van der Waals surface area contributed by atoms with E-state index in [1.165, 1.54) is 17.3 Å². The molecule has 0 fully saturated rings. The number of nitrogens with zero attached hydrogens (tertiary/aromatic N) is 6. The number of anilines is 1. The quantitative estimate of drug-likeness (QED) is 0.560. The van der Waals surface area contributed by atoms with Crippen LogP contribution in [0.25, 0.3) is 5.69 Å². The van der Waals surface area contributed by atoms with Gasteiger partial charge in [-0.1, -0.05) is 44.7 Å². The molecule has 2 aromatic heterocycles. The first-order valence-corrected chi connectivity index (χ1v) is 10.7. The van der Waals surface area contributed by atoms with Crippen molar-refractivity contribution in [2.75, 3.05) is 5.32 Å². The van der Waals surface area contributed by atoms with Gasteiger partial charge < -0.3 is 5.32 Å². The Hall–Kier alpha value is -2.68. The number of thioether (sulfide) groups is 1. The first-order valence-electron chi connectivity index (χ1n) is 9.80. The van der Waals surface area contributed by atoms with Crippen LogP contribution < -0.4 is 5.32 Å². The Bertz CT molecular complexity index is 948. The van der Waals surface area contributed by atoms with Crippen molar-refractivity contribution in [3.63, 3.8) is 0 Å². The number of rotatable bonds is 8.